The highest BCUT2D eigenvalue weighted by atomic mass is 35.5. The molecule has 2 atom stereocenters. The molecule has 0 aliphatic carbocycles. The maximum Gasteiger partial charge on any atom is 0.128 e. The van der Waals surface area contributed by atoms with Gasteiger partial charge in [0, 0.05) is 33.2 Å². The first-order chi connectivity index (χ1) is 7.50. The Balaban J connectivity index is 2.63. The molecule has 90 valence electrons. The molecule has 5 heteroatoms. The summed E-state index contributed by atoms with van der Waals surface area (Å²) in [5.41, 5.74) is 5.89. The molecule has 0 amide bonds. The largest absolute Gasteiger partial charge is 0.328 e. The summed E-state index contributed by atoms with van der Waals surface area (Å²) in [6.07, 6.45) is 0.665. The lowest BCUT2D eigenvalue weighted by molar-refractivity contribution is 0.614. The molecule has 0 saturated heterocycles. The molecule has 1 rings (SSSR count). The number of benzene rings is 1. The average Bonchev–Trinajstić information content (AvgIpc) is 2.21. The highest BCUT2D eigenvalue weighted by molar-refractivity contribution is 7.84. The lowest BCUT2D eigenvalue weighted by Gasteiger charge is -2.07. The van der Waals surface area contributed by atoms with E-state index in [2.05, 4.69) is 0 Å². The molecule has 0 aliphatic heterocycles. The molecule has 0 aliphatic rings. The van der Waals surface area contributed by atoms with Crippen LogP contribution in [0.2, 0.25) is 5.02 Å². The van der Waals surface area contributed by atoms with Crippen molar-refractivity contribution >= 4 is 22.4 Å². The maximum atomic E-state index is 13.4. The zero-order valence-electron chi connectivity index (χ0n) is 9.08. The van der Waals surface area contributed by atoms with E-state index in [1.807, 2.05) is 6.92 Å². The Labute approximate surface area is 102 Å². The van der Waals surface area contributed by atoms with Crippen LogP contribution in [0.1, 0.15) is 18.9 Å². The third-order valence-electron chi connectivity index (χ3n) is 2.17. The number of nitrogens with two attached hydrogens (primary N) is 1. The molecule has 1 aromatic rings. The van der Waals surface area contributed by atoms with Crippen LogP contribution in [0, 0.1) is 5.82 Å². The summed E-state index contributed by atoms with van der Waals surface area (Å²) in [5, 5.41) is 0.328. The van der Waals surface area contributed by atoms with Crippen LogP contribution in [-0.4, -0.2) is 16.0 Å². The van der Waals surface area contributed by atoms with Crippen molar-refractivity contribution in [3.63, 3.8) is 0 Å². The Morgan fingerprint density at radius 3 is 2.81 bits per heavy atom. The smallest absolute Gasteiger partial charge is 0.128 e. The zero-order valence-corrected chi connectivity index (χ0v) is 10.7. The van der Waals surface area contributed by atoms with Gasteiger partial charge in [-0.1, -0.05) is 17.7 Å². The van der Waals surface area contributed by atoms with E-state index in [-0.39, 0.29) is 11.8 Å². The summed E-state index contributed by atoms with van der Waals surface area (Å²) < 4.78 is 25.0. The first-order valence-electron chi connectivity index (χ1n) is 5.04. The second-order valence-corrected chi connectivity index (χ2v) is 5.74. The SMILES string of the molecule is CC(N)CCS(=O)Cc1c(F)cccc1Cl. The van der Waals surface area contributed by atoms with Gasteiger partial charge in [0.15, 0.2) is 0 Å². The molecule has 0 spiro atoms. The number of halogens is 2. The molecule has 16 heavy (non-hydrogen) atoms. The van der Waals surface area contributed by atoms with E-state index in [0.29, 0.717) is 22.8 Å². The summed E-state index contributed by atoms with van der Waals surface area (Å²) in [6, 6.07) is 4.47. The van der Waals surface area contributed by atoms with Crippen LogP contribution in [0.25, 0.3) is 0 Å². The number of rotatable bonds is 5. The van der Waals surface area contributed by atoms with Crippen molar-refractivity contribution in [2.45, 2.75) is 25.1 Å². The van der Waals surface area contributed by atoms with E-state index < -0.39 is 16.6 Å². The molecule has 0 aromatic heterocycles. The molecule has 2 unspecified atom stereocenters. The Morgan fingerprint density at radius 2 is 2.25 bits per heavy atom. The quantitative estimate of drug-likeness (QED) is 0.887. The Kier molecular flexibility index (Phi) is 5.38. The third-order valence-corrected chi connectivity index (χ3v) is 3.82. The highest BCUT2D eigenvalue weighted by Crippen LogP contribution is 2.20. The standard InChI is InChI=1S/C11H15ClFNOS/c1-8(14)5-6-16(15)7-9-10(12)3-2-4-11(9)13/h2-4,8H,5-7,14H2,1H3. The predicted octanol–water partition coefficient (Wildman–Crippen LogP) is 2.47. The fourth-order valence-electron chi connectivity index (χ4n) is 1.22. The maximum absolute atomic E-state index is 13.4. The van der Waals surface area contributed by atoms with Gasteiger partial charge in [0.25, 0.3) is 0 Å². The Morgan fingerprint density at radius 1 is 1.56 bits per heavy atom. The lowest BCUT2D eigenvalue weighted by atomic mass is 10.2. The summed E-state index contributed by atoms with van der Waals surface area (Å²) in [5.74, 6) is 0.224. The second-order valence-electron chi connectivity index (χ2n) is 3.75. The normalized spacial score (nSPS) is 14.8. The minimum Gasteiger partial charge on any atom is -0.328 e. The fourth-order valence-corrected chi connectivity index (χ4v) is 2.92. The summed E-state index contributed by atoms with van der Waals surface area (Å²) in [6.45, 7) is 1.85. The van der Waals surface area contributed by atoms with E-state index in [1.54, 1.807) is 6.07 Å². The van der Waals surface area contributed by atoms with Crippen molar-refractivity contribution in [1.82, 2.24) is 0 Å². The predicted molar refractivity (Wildman–Crippen MR) is 66.4 cm³/mol. The van der Waals surface area contributed by atoms with Crippen LogP contribution in [0.4, 0.5) is 4.39 Å². The van der Waals surface area contributed by atoms with Crippen LogP contribution in [-0.2, 0) is 16.6 Å². The van der Waals surface area contributed by atoms with Crippen molar-refractivity contribution in [3.05, 3.63) is 34.6 Å². The van der Waals surface area contributed by atoms with Crippen molar-refractivity contribution in [1.29, 1.82) is 0 Å². The lowest BCUT2D eigenvalue weighted by Crippen LogP contribution is -2.18. The second kappa shape index (κ2) is 6.33. The van der Waals surface area contributed by atoms with E-state index in [9.17, 15) is 8.60 Å². The summed E-state index contributed by atoms with van der Waals surface area (Å²) >= 11 is 5.84. The molecule has 1 aromatic carbocycles. The van der Waals surface area contributed by atoms with Gasteiger partial charge in [-0.15, -0.1) is 0 Å². The minimum atomic E-state index is -1.12. The molecule has 0 bridgehead atoms. The number of hydrogen-bond donors (Lipinski definition) is 1. The van der Waals surface area contributed by atoms with Gasteiger partial charge >= 0.3 is 0 Å². The van der Waals surface area contributed by atoms with E-state index in [1.165, 1.54) is 12.1 Å². The number of hydrogen-bond acceptors (Lipinski definition) is 2. The molecular weight excluding hydrogens is 249 g/mol. The van der Waals surface area contributed by atoms with Crippen LogP contribution in [0.3, 0.4) is 0 Å². The van der Waals surface area contributed by atoms with Crippen LogP contribution in [0.5, 0.6) is 0 Å². The molecule has 0 saturated carbocycles. The summed E-state index contributed by atoms with van der Waals surface area (Å²) in [4.78, 5) is 0. The Bertz CT molecular complexity index is 364. The van der Waals surface area contributed by atoms with Gasteiger partial charge in [-0.05, 0) is 25.5 Å². The van der Waals surface area contributed by atoms with Gasteiger partial charge in [-0.2, -0.15) is 0 Å². The fraction of sp³-hybridized carbons (Fsp3) is 0.455. The Hall–Kier alpha value is -0.450. The minimum absolute atomic E-state index is 0.0139. The van der Waals surface area contributed by atoms with E-state index >= 15 is 0 Å². The molecule has 0 fully saturated rings. The molecule has 2 N–H and O–H groups in total. The van der Waals surface area contributed by atoms with Crippen molar-refractivity contribution in [2.24, 2.45) is 5.73 Å². The topological polar surface area (TPSA) is 43.1 Å². The van der Waals surface area contributed by atoms with Crippen molar-refractivity contribution in [2.75, 3.05) is 5.75 Å². The van der Waals surface area contributed by atoms with Crippen LogP contribution in [0.15, 0.2) is 18.2 Å². The van der Waals surface area contributed by atoms with Crippen LogP contribution < -0.4 is 5.73 Å². The van der Waals surface area contributed by atoms with Gasteiger partial charge in [0.05, 0.1) is 5.75 Å². The van der Waals surface area contributed by atoms with E-state index in [4.69, 9.17) is 17.3 Å². The summed E-state index contributed by atoms with van der Waals surface area (Å²) in [7, 11) is -1.12. The molecular formula is C11H15ClFNOS. The van der Waals surface area contributed by atoms with Gasteiger partial charge in [0.1, 0.15) is 5.82 Å². The third kappa shape index (κ3) is 4.20. The van der Waals surface area contributed by atoms with Gasteiger partial charge < -0.3 is 5.73 Å². The van der Waals surface area contributed by atoms with Crippen LogP contribution >= 0.6 is 11.6 Å². The van der Waals surface area contributed by atoms with Gasteiger partial charge in [-0.3, -0.25) is 4.21 Å². The monoisotopic (exact) mass is 263 g/mol. The highest BCUT2D eigenvalue weighted by Gasteiger charge is 2.11. The van der Waals surface area contributed by atoms with Gasteiger partial charge in [-0.25, -0.2) is 4.39 Å². The first-order valence-corrected chi connectivity index (χ1v) is 6.90. The molecule has 2 nitrogen and oxygen atoms in total. The van der Waals surface area contributed by atoms with Gasteiger partial charge in [0.2, 0.25) is 0 Å². The van der Waals surface area contributed by atoms with E-state index in [0.717, 1.165) is 0 Å². The van der Waals surface area contributed by atoms with Crippen molar-refractivity contribution < 1.29 is 8.60 Å². The first kappa shape index (κ1) is 13.6. The zero-order chi connectivity index (χ0) is 12.1. The average molecular weight is 264 g/mol. The molecule has 0 heterocycles. The molecule has 0 radical (unpaired) electrons. The van der Waals surface area contributed by atoms with Crippen molar-refractivity contribution in [3.8, 4) is 0 Å².